The van der Waals surface area contributed by atoms with Gasteiger partial charge in [-0.1, -0.05) is 0 Å². The summed E-state index contributed by atoms with van der Waals surface area (Å²) < 4.78 is 9.76. The Morgan fingerprint density at radius 1 is 0.879 bits per heavy atom. The zero-order valence-electron chi connectivity index (χ0n) is 18.1. The molecule has 176 valence electrons. The van der Waals surface area contributed by atoms with Gasteiger partial charge in [-0.2, -0.15) is 0 Å². The van der Waals surface area contributed by atoms with Crippen molar-refractivity contribution in [1.82, 2.24) is 0 Å². The molecule has 0 fully saturated rings. The number of nitro groups is 2. The normalized spacial score (nSPS) is 11.0. The highest BCUT2D eigenvalue weighted by atomic mass is 16.6. The fourth-order valence-corrected chi connectivity index (χ4v) is 3.44. The van der Waals surface area contributed by atoms with Crippen LogP contribution in [0, 0.1) is 20.2 Å². The summed E-state index contributed by atoms with van der Waals surface area (Å²) in [5.74, 6) is -1.53. The lowest BCUT2D eigenvalue weighted by atomic mass is 9.78. The smallest absolute Gasteiger partial charge is 0.338 e. The molecule has 0 aliphatic heterocycles. The molecule has 12 heteroatoms. The summed E-state index contributed by atoms with van der Waals surface area (Å²) in [5.41, 5.74) is 9.13. The summed E-state index contributed by atoms with van der Waals surface area (Å²) in [7, 11) is 0. The summed E-state index contributed by atoms with van der Waals surface area (Å²) in [6.45, 7) is 3.25. The van der Waals surface area contributed by atoms with Gasteiger partial charge in [0.1, 0.15) is 0 Å². The van der Waals surface area contributed by atoms with E-state index >= 15 is 0 Å². The molecule has 0 unspecified atom stereocenters. The standard InChI is InChI=1S/C21H24N4O8/c1-3-32-19(26)13-5-7-15(17(11-13)24(28)29)21(23,9-10-22)16-8-6-14(20(27)33-4-2)12-18(16)25(30)31/h5-8,11-12H,3-4,9-10,22-23H2,1-2H3. The average molecular weight is 460 g/mol. The van der Waals surface area contributed by atoms with Crippen LogP contribution in [0.3, 0.4) is 0 Å². The zero-order valence-corrected chi connectivity index (χ0v) is 18.1. The van der Waals surface area contributed by atoms with Crippen LogP contribution in [0.25, 0.3) is 0 Å². The maximum Gasteiger partial charge on any atom is 0.338 e. The average Bonchev–Trinajstić information content (AvgIpc) is 2.78. The first kappa shape index (κ1) is 25.4. The van der Waals surface area contributed by atoms with Crippen molar-refractivity contribution in [2.24, 2.45) is 11.5 Å². The minimum Gasteiger partial charge on any atom is -0.462 e. The summed E-state index contributed by atoms with van der Waals surface area (Å²) >= 11 is 0. The Morgan fingerprint density at radius 3 is 1.58 bits per heavy atom. The van der Waals surface area contributed by atoms with Gasteiger partial charge in [0.05, 0.1) is 50.9 Å². The number of ether oxygens (including phenoxy) is 2. The van der Waals surface area contributed by atoms with Crippen molar-refractivity contribution in [3.05, 3.63) is 78.9 Å². The van der Waals surface area contributed by atoms with E-state index in [0.717, 1.165) is 12.1 Å². The molecule has 4 N–H and O–H groups in total. The van der Waals surface area contributed by atoms with E-state index in [0.29, 0.717) is 0 Å². The molecule has 12 nitrogen and oxygen atoms in total. The first-order valence-corrected chi connectivity index (χ1v) is 10.0. The third-order valence-corrected chi connectivity index (χ3v) is 4.91. The molecule has 0 saturated carbocycles. The van der Waals surface area contributed by atoms with E-state index in [-0.39, 0.29) is 48.4 Å². The van der Waals surface area contributed by atoms with Gasteiger partial charge in [0.15, 0.2) is 0 Å². The highest BCUT2D eigenvalue weighted by Gasteiger charge is 2.40. The number of hydrogen-bond acceptors (Lipinski definition) is 10. The Kier molecular flexibility index (Phi) is 8.16. The van der Waals surface area contributed by atoms with Crippen LogP contribution in [-0.2, 0) is 15.0 Å². The van der Waals surface area contributed by atoms with Crippen molar-refractivity contribution >= 4 is 23.3 Å². The number of nitrogens with zero attached hydrogens (tertiary/aromatic N) is 2. The molecule has 2 aromatic rings. The molecule has 0 bridgehead atoms. The Balaban J connectivity index is 2.76. The Labute approximate surface area is 188 Å². The highest BCUT2D eigenvalue weighted by molar-refractivity contribution is 5.91. The van der Waals surface area contributed by atoms with Gasteiger partial charge >= 0.3 is 11.9 Å². The fraction of sp³-hybridized carbons (Fsp3) is 0.333. The van der Waals surface area contributed by atoms with Crippen LogP contribution < -0.4 is 11.5 Å². The van der Waals surface area contributed by atoms with Crippen LogP contribution in [0.1, 0.15) is 52.1 Å². The number of esters is 2. The zero-order chi connectivity index (χ0) is 24.8. The molecule has 33 heavy (non-hydrogen) atoms. The number of carbonyl (C=O) groups excluding carboxylic acids is 2. The van der Waals surface area contributed by atoms with E-state index in [1.165, 1.54) is 24.3 Å². The molecular weight excluding hydrogens is 436 g/mol. The third kappa shape index (κ3) is 5.30. The van der Waals surface area contributed by atoms with Gasteiger partial charge in [-0.15, -0.1) is 0 Å². The summed E-state index contributed by atoms with van der Waals surface area (Å²) in [6, 6.07) is 7.09. The van der Waals surface area contributed by atoms with Crippen LogP contribution in [0.5, 0.6) is 0 Å². The molecule has 0 heterocycles. The molecule has 0 atom stereocenters. The molecule has 2 rings (SSSR count). The van der Waals surface area contributed by atoms with Gasteiger partial charge < -0.3 is 20.9 Å². The maximum absolute atomic E-state index is 12.0. The molecule has 0 amide bonds. The summed E-state index contributed by atoms with van der Waals surface area (Å²) in [4.78, 5) is 46.3. The van der Waals surface area contributed by atoms with Crippen molar-refractivity contribution < 1.29 is 28.9 Å². The Bertz CT molecular complexity index is 1010. The third-order valence-electron chi connectivity index (χ3n) is 4.91. The molecular formula is C21H24N4O8. The van der Waals surface area contributed by atoms with Gasteiger partial charge in [-0.25, -0.2) is 9.59 Å². The van der Waals surface area contributed by atoms with Crippen LogP contribution in [0.15, 0.2) is 36.4 Å². The van der Waals surface area contributed by atoms with E-state index in [4.69, 9.17) is 20.9 Å². The molecule has 0 aromatic heterocycles. The van der Waals surface area contributed by atoms with Crippen molar-refractivity contribution in [2.45, 2.75) is 25.8 Å². The van der Waals surface area contributed by atoms with Crippen molar-refractivity contribution in [3.8, 4) is 0 Å². The Morgan fingerprint density at radius 2 is 1.27 bits per heavy atom. The molecule has 0 saturated heterocycles. The van der Waals surface area contributed by atoms with Gasteiger partial charge in [0.25, 0.3) is 11.4 Å². The molecule has 2 aromatic carbocycles. The first-order chi connectivity index (χ1) is 15.6. The Hall–Kier alpha value is -3.90. The van der Waals surface area contributed by atoms with Gasteiger partial charge in [-0.05, 0) is 51.1 Å². The minimum atomic E-state index is -1.78. The van der Waals surface area contributed by atoms with E-state index in [1.807, 2.05) is 0 Å². The predicted molar refractivity (Wildman–Crippen MR) is 117 cm³/mol. The number of nitrogens with two attached hydrogens (primary N) is 2. The lowest BCUT2D eigenvalue weighted by Crippen LogP contribution is -2.41. The predicted octanol–water partition coefficient (Wildman–Crippen LogP) is 2.41. The van der Waals surface area contributed by atoms with E-state index < -0.39 is 38.7 Å². The quantitative estimate of drug-likeness (QED) is 0.302. The second-order valence-corrected chi connectivity index (χ2v) is 6.93. The maximum atomic E-state index is 12.0. The fourth-order valence-electron chi connectivity index (χ4n) is 3.44. The summed E-state index contributed by atoms with van der Waals surface area (Å²) in [6.07, 6.45) is -0.105. The van der Waals surface area contributed by atoms with Gasteiger partial charge in [0.2, 0.25) is 0 Å². The second kappa shape index (κ2) is 10.6. The number of carbonyl (C=O) groups is 2. The van der Waals surface area contributed by atoms with Gasteiger partial charge in [-0.3, -0.25) is 20.2 Å². The van der Waals surface area contributed by atoms with E-state index in [9.17, 15) is 29.8 Å². The number of benzene rings is 2. The number of nitro benzene ring substituents is 2. The summed E-state index contributed by atoms with van der Waals surface area (Å²) in [5, 5.41) is 23.7. The largest absolute Gasteiger partial charge is 0.462 e. The lowest BCUT2D eigenvalue weighted by molar-refractivity contribution is -0.387. The molecule has 0 radical (unpaired) electrons. The second-order valence-electron chi connectivity index (χ2n) is 6.93. The number of rotatable bonds is 10. The van der Waals surface area contributed by atoms with Crippen molar-refractivity contribution in [1.29, 1.82) is 0 Å². The lowest BCUT2D eigenvalue weighted by Gasteiger charge is -2.30. The SMILES string of the molecule is CCOC(=O)c1ccc(C(N)(CCN)c2ccc(C(=O)OCC)cc2[N+](=O)[O-])c([N+](=O)[O-])c1. The van der Waals surface area contributed by atoms with Crippen molar-refractivity contribution in [3.63, 3.8) is 0 Å². The van der Waals surface area contributed by atoms with Crippen LogP contribution in [0.4, 0.5) is 11.4 Å². The minimum absolute atomic E-state index is 0.0654. The first-order valence-electron chi connectivity index (χ1n) is 10.0. The number of hydrogen-bond donors (Lipinski definition) is 2. The monoisotopic (exact) mass is 460 g/mol. The van der Waals surface area contributed by atoms with Gasteiger partial charge in [0, 0.05) is 12.1 Å². The molecule has 0 aliphatic carbocycles. The van der Waals surface area contributed by atoms with E-state index in [1.54, 1.807) is 13.8 Å². The van der Waals surface area contributed by atoms with Crippen molar-refractivity contribution in [2.75, 3.05) is 19.8 Å². The van der Waals surface area contributed by atoms with E-state index in [2.05, 4.69) is 0 Å². The van der Waals surface area contributed by atoms with Crippen LogP contribution >= 0.6 is 0 Å². The highest BCUT2D eigenvalue weighted by Crippen LogP contribution is 2.40. The topological polar surface area (TPSA) is 191 Å². The van der Waals surface area contributed by atoms with Crippen LogP contribution in [-0.4, -0.2) is 41.5 Å². The van der Waals surface area contributed by atoms with Crippen LogP contribution in [0.2, 0.25) is 0 Å². The molecule has 0 spiro atoms. The molecule has 0 aliphatic rings.